The van der Waals surface area contributed by atoms with E-state index in [4.69, 9.17) is 21.4 Å². The number of hydrogen-bond acceptors (Lipinski definition) is 4. The van der Waals surface area contributed by atoms with Crippen LogP contribution in [0, 0.1) is 0 Å². The summed E-state index contributed by atoms with van der Waals surface area (Å²) in [5, 5.41) is 13.2. The van der Waals surface area contributed by atoms with Gasteiger partial charge in [0.15, 0.2) is 0 Å². The molecule has 0 aliphatic rings. The van der Waals surface area contributed by atoms with Crippen LogP contribution in [0.3, 0.4) is 0 Å². The summed E-state index contributed by atoms with van der Waals surface area (Å²) in [6, 6.07) is 0.990. The van der Waals surface area contributed by atoms with Gasteiger partial charge < -0.3 is 15.2 Å². The van der Waals surface area contributed by atoms with Crippen LogP contribution in [-0.4, -0.2) is 22.8 Å². The smallest absolute Gasteiger partial charge is 0.408 e. The predicted octanol–water partition coefficient (Wildman–Crippen LogP) is 3.44. The van der Waals surface area contributed by atoms with Gasteiger partial charge in [0.25, 0.3) is 0 Å². The number of ether oxygens (including phenoxy) is 1. The summed E-state index contributed by atoms with van der Waals surface area (Å²) in [6.07, 6.45) is -0.920. The van der Waals surface area contributed by atoms with Crippen molar-refractivity contribution in [1.82, 2.24) is 5.32 Å². The Hall–Kier alpha value is -1.27. The van der Waals surface area contributed by atoms with Crippen molar-refractivity contribution in [2.45, 2.75) is 38.8 Å². The van der Waals surface area contributed by atoms with E-state index in [2.05, 4.69) is 5.32 Å². The molecule has 0 aliphatic carbocycles. The zero-order valence-electron chi connectivity index (χ0n) is 10.9. The maximum Gasteiger partial charge on any atom is 0.408 e. The Morgan fingerprint density at radius 1 is 1.53 bits per heavy atom. The third kappa shape index (κ3) is 5.48. The largest absolute Gasteiger partial charge is 0.481 e. The Balaban J connectivity index is 2.79. The summed E-state index contributed by atoms with van der Waals surface area (Å²) < 4.78 is 5.57. The molecule has 7 heteroatoms. The maximum atomic E-state index is 11.7. The SMILES string of the molecule is CC(C)(C)OC(=O)N[C@H](CC(=O)O)c1ccsc1Cl. The fourth-order valence-corrected chi connectivity index (χ4v) is 2.45. The second kappa shape index (κ2) is 6.25. The molecule has 0 spiro atoms. The molecule has 0 radical (unpaired) electrons. The molecule has 0 aliphatic heterocycles. The van der Waals surface area contributed by atoms with Crippen LogP contribution in [0.1, 0.15) is 38.8 Å². The van der Waals surface area contributed by atoms with Gasteiger partial charge >= 0.3 is 12.1 Å². The van der Waals surface area contributed by atoms with Crippen LogP contribution >= 0.6 is 22.9 Å². The van der Waals surface area contributed by atoms with Gasteiger partial charge in [-0.2, -0.15) is 0 Å². The third-order valence-electron chi connectivity index (χ3n) is 2.09. The molecule has 0 bridgehead atoms. The molecule has 1 rings (SSSR count). The Bertz CT molecular complexity index is 467. The van der Waals surface area contributed by atoms with Crippen molar-refractivity contribution >= 4 is 35.0 Å². The van der Waals surface area contributed by atoms with Gasteiger partial charge in [-0.05, 0) is 32.2 Å². The summed E-state index contributed by atoms with van der Waals surface area (Å²) >= 11 is 7.25. The lowest BCUT2D eigenvalue weighted by atomic mass is 10.1. The number of rotatable bonds is 4. The Morgan fingerprint density at radius 2 is 2.16 bits per heavy atom. The number of carboxylic acid groups (broad SMARTS) is 1. The zero-order chi connectivity index (χ0) is 14.6. The zero-order valence-corrected chi connectivity index (χ0v) is 12.5. The van der Waals surface area contributed by atoms with Gasteiger partial charge in [0, 0.05) is 5.56 Å². The van der Waals surface area contributed by atoms with Crippen molar-refractivity contribution < 1.29 is 19.4 Å². The first-order valence-electron chi connectivity index (χ1n) is 5.63. The lowest BCUT2D eigenvalue weighted by Gasteiger charge is -2.22. The molecule has 0 saturated carbocycles. The van der Waals surface area contributed by atoms with E-state index in [0.717, 1.165) is 0 Å². The number of halogens is 1. The monoisotopic (exact) mass is 305 g/mol. The molecule has 1 atom stereocenters. The van der Waals surface area contributed by atoms with E-state index >= 15 is 0 Å². The van der Waals surface area contributed by atoms with Gasteiger partial charge in [-0.1, -0.05) is 11.6 Å². The second-order valence-electron chi connectivity index (χ2n) is 4.95. The quantitative estimate of drug-likeness (QED) is 0.893. The number of alkyl carbamates (subject to hydrolysis) is 1. The first-order valence-corrected chi connectivity index (χ1v) is 6.89. The molecule has 1 aromatic rings. The van der Waals surface area contributed by atoms with Gasteiger partial charge in [0.05, 0.1) is 16.8 Å². The molecule has 1 amide bonds. The first kappa shape index (κ1) is 15.8. The Kier molecular flexibility index (Phi) is 5.20. The van der Waals surface area contributed by atoms with E-state index in [9.17, 15) is 9.59 Å². The molecule has 2 N–H and O–H groups in total. The minimum absolute atomic E-state index is 0.254. The van der Waals surface area contributed by atoms with Gasteiger partial charge in [-0.15, -0.1) is 11.3 Å². The van der Waals surface area contributed by atoms with Gasteiger partial charge in [0.1, 0.15) is 5.60 Å². The third-order valence-corrected chi connectivity index (χ3v) is 3.29. The van der Waals surface area contributed by atoms with Crippen LogP contribution in [0.25, 0.3) is 0 Å². The lowest BCUT2D eigenvalue weighted by molar-refractivity contribution is -0.137. The topological polar surface area (TPSA) is 75.6 Å². The maximum absolute atomic E-state index is 11.7. The fraction of sp³-hybridized carbons (Fsp3) is 0.500. The van der Waals surface area contributed by atoms with Crippen LogP contribution in [0.5, 0.6) is 0 Å². The van der Waals surface area contributed by atoms with E-state index in [1.165, 1.54) is 11.3 Å². The first-order chi connectivity index (χ1) is 8.69. The van der Waals surface area contributed by atoms with E-state index < -0.39 is 23.7 Å². The van der Waals surface area contributed by atoms with Gasteiger partial charge in [0.2, 0.25) is 0 Å². The number of amides is 1. The van der Waals surface area contributed by atoms with Crippen LogP contribution in [0.2, 0.25) is 4.34 Å². The summed E-state index contributed by atoms with van der Waals surface area (Å²) in [6.45, 7) is 5.20. The van der Waals surface area contributed by atoms with Gasteiger partial charge in [-0.25, -0.2) is 4.79 Å². The molecule has 0 saturated heterocycles. The van der Waals surface area contributed by atoms with Crippen LogP contribution in [0.15, 0.2) is 11.4 Å². The van der Waals surface area contributed by atoms with E-state index in [1.807, 2.05) is 0 Å². The minimum Gasteiger partial charge on any atom is -0.481 e. The Labute approximate surface area is 120 Å². The number of carbonyl (C=O) groups excluding carboxylic acids is 1. The minimum atomic E-state index is -1.02. The molecule has 1 heterocycles. The molecule has 1 aromatic heterocycles. The van der Waals surface area contributed by atoms with Crippen molar-refractivity contribution in [3.05, 3.63) is 21.3 Å². The van der Waals surface area contributed by atoms with Crippen molar-refractivity contribution in [1.29, 1.82) is 0 Å². The molecule has 19 heavy (non-hydrogen) atoms. The summed E-state index contributed by atoms with van der Waals surface area (Å²) in [4.78, 5) is 22.5. The molecule has 0 aromatic carbocycles. The average molecular weight is 306 g/mol. The highest BCUT2D eigenvalue weighted by molar-refractivity contribution is 7.14. The molecule has 0 fully saturated rings. The average Bonchev–Trinajstić information content (AvgIpc) is 2.59. The summed E-state index contributed by atoms with van der Waals surface area (Å²) in [5.41, 5.74) is -0.0593. The van der Waals surface area contributed by atoms with Crippen molar-refractivity contribution in [3.8, 4) is 0 Å². The van der Waals surface area contributed by atoms with Crippen LogP contribution in [-0.2, 0) is 9.53 Å². The molecule has 5 nitrogen and oxygen atoms in total. The highest BCUT2D eigenvalue weighted by Crippen LogP contribution is 2.30. The van der Waals surface area contributed by atoms with Crippen LogP contribution < -0.4 is 5.32 Å². The molecular formula is C12H16ClNO4S. The van der Waals surface area contributed by atoms with E-state index in [0.29, 0.717) is 9.90 Å². The summed E-state index contributed by atoms with van der Waals surface area (Å²) in [7, 11) is 0. The standard InChI is InChI=1S/C12H16ClNO4S/c1-12(2,3)18-11(17)14-8(6-9(15)16)7-4-5-19-10(7)13/h4-5,8H,6H2,1-3H3,(H,14,17)(H,15,16)/t8-/m1/s1. The second-order valence-corrected chi connectivity index (χ2v) is 6.46. The van der Waals surface area contributed by atoms with Crippen molar-refractivity contribution in [2.24, 2.45) is 0 Å². The molecule has 106 valence electrons. The fourth-order valence-electron chi connectivity index (χ4n) is 1.42. The van der Waals surface area contributed by atoms with E-state index in [-0.39, 0.29) is 6.42 Å². The van der Waals surface area contributed by atoms with Crippen LogP contribution in [0.4, 0.5) is 4.79 Å². The van der Waals surface area contributed by atoms with Crippen molar-refractivity contribution in [2.75, 3.05) is 0 Å². The Morgan fingerprint density at radius 3 is 2.58 bits per heavy atom. The number of hydrogen-bond donors (Lipinski definition) is 2. The summed E-state index contributed by atoms with van der Waals surface area (Å²) in [5.74, 6) is -1.02. The highest BCUT2D eigenvalue weighted by atomic mass is 35.5. The van der Waals surface area contributed by atoms with Crippen molar-refractivity contribution in [3.63, 3.8) is 0 Å². The van der Waals surface area contributed by atoms with E-state index in [1.54, 1.807) is 32.2 Å². The number of thiophene rings is 1. The normalized spacial score (nSPS) is 12.8. The molecule has 0 unspecified atom stereocenters. The number of carboxylic acids is 1. The van der Waals surface area contributed by atoms with Gasteiger partial charge in [-0.3, -0.25) is 4.79 Å². The number of carbonyl (C=O) groups is 2. The predicted molar refractivity (Wildman–Crippen MR) is 73.7 cm³/mol. The number of aliphatic carboxylic acids is 1. The lowest BCUT2D eigenvalue weighted by Crippen LogP contribution is -2.35. The number of nitrogens with one attached hydrogen (secondary N) is 1. The molecular weight excluding hydrogens is 290 g/mol. The highest BCUT2D eigenvalue weighted by Gasteiger charge is 2.24.